The summed E-state index contributed by atoms with van der Waals surface area (Å²) in [5.74, 6) is 0.0244. The smallest absolute Gasteiger partial charge is 0.258 e. The highest BCUT2D eigenvalue weighted by molar-refractivity contribution is 6.07. The molecule has 20 heavy (non-hydrogen) atoms. The molecule has 0 fully saturated rings. The predicted octanol–water partition coefficient (Wildman–Crippen LogP) is 2.53. The highest BCUT2D eigenvalue weighted by Gasteiger charge is 2.27. The molecule has 2 aromatic rings. The van der Waals surface area contributed by atoms with Crippen LogP contribution < -0.4 is 10.6 Å². The van der Waals surface area contributed by atoms with Gasteiger partial charge in [-0.2, -0.15) is 0 Å². The summed E-state index contributed by atoms with van der Waals surface area (Å²) in [6.45, 7) is 2.57. The van der Waals surface area contributed by atoms with Crippen LogP contribution in [0.2, 0.25) is 0 Å². The number of fused-ring (bicyclic) bond motifs is 1. The maximum atomic E-state index is 12.7. The lowest BCUT2D eigenvalue weighted by Crippen LogP contribution is -2.46. The average molecular weight is 266 g/mol. The lowest BCUT2D eigenvalue weighted by Gasteiger charge is -2.33. The van der Waals surface area contributed by atoms with Gasteiger partial charge in [0.05, 0.1) is 0 Å². The van der Waals surface area contributed by atoms with Crippen molar-refractivity contribution in [1.29, 1.82) is 0 Å². The molecule has 3 nitrogen and oxygen atoms in total. The van der Waals surface area contributed by atoms with Crippen molar-refractivity contribution in [2.24, 2.45) is 5.73 Å². The molecule has 0 saturated heterocycles. The fraction of sp³-hybridized carbons (Fsp3) is 0.235. The fourth-order valence-corrected chi connectivity index (χ4v) is 2.75. The highest BCUT2D eigenvalue weighted by atomic mass is 16.2. The van der Waals surface area contributed by atoms with Crippen LogP contribution in [0.5, 0.6) is 0 Å². The molecule has 0 saturated carbocycles. The number of rotatable bonds is 1. The summed E-state index contributed by atoms with van der Waals surface area (Å²) in [4.78, 5) is 14.5. The first kappa shape index (κ1) is 12.9. The third kappa shape index (κ3) is 2.32. The van der Waals surface area contributed by atoms with E-state index in [1.807, 2.05) is 55.5 Å². The van der Waals surface area contributed by atoms with Gasteiger partial charge in [-0.1, -0.05) is 35.9 Å². The van der Waals surface area contributed by atoms with E-state index >= 15 is 0 Å². The van der Waals surface area contributed by atoms with E-state index in [0.717, 1.165) is 23.2 Å². The zero-order valence-electron chi connectivity index (χ0n) is 11.5. The average Bonchev–Trinajstić information content (AvgIpc) is 2.45. The quantitative estimate of drug-likeness (QED) is 0.862. The molecule has 1 heterocycles. The number of amides is 1. The minimum Gasteiger partial charge on any atom is -0.326 e. The fourth-order valence-electron chi connectivity index (χ4n) is 2.75. The Balaban J connectivity index is 2.00. The number of nitrogens with two attached hydrogens (primary N) is 1. The molecular weight excluding hydrogens is 248 g/mol. The van der Waals surface area contributed by atoms with Gasteiger partial charge < -0.3 is 10.6 Å². The second-order valence-electron chi connectivity index (χ2n) is 5.38. The van der Waals surface area contributed by atoms with Crippen LogP contribution in [-0.2, 0) is 6.42 Å². The Bertz CT molecular complexity index is 651. The van der Waals surface area contributed by atoms with Crippen molar-refractivity contribution in [1.82, 2.24) is 0 Å². The molecule has 0 spiro atoms. The molecule has 1 unspecified atom stereocenters. The SMILES string of the molecule is Cc1cccc(C(=O)N2CC(N)Cc3ccccc32)c1. The Morgan fingerprint density at radius 2 is 2.00 bits per heavy atom. The van der Waals surface area contributed by atoms with Gasteiger partial charge in [0.1, 0.15) is 0 Å². The van der Waals surface area contributed by atoms with Crippen LogP contribution in [0.15, 0.2) is 48.5 Å². The Hall–Kier alpha value is -2.13. The Labute approximate surface area is 119 Å². The first-order valence-corrected chi connectivity index (χ1v) is 6.87. The second-order valence-corrected chi connectivity index (χ2v) is 5.38. The van der Waals surface area contributed by atoms with Gasteiger partial charge in [0.2, 0.25) is 0 Å². The van der Waals surface area contributed by atoms with Crippen molar-refractivity contribution in [2.75, 3.05) is 11.4 Å². The van der Waals surface area contributed by atoms with Crippen molar-refractivity contribution >= 4 is 11.6 Å². The molecule has 1 aliphatic heterocycles. The van der Waals surface area contributed by atoms with Crippen LogP contribution in [0.1, 0.15) is 21.5 Å². The summed E-state index contributed by atoms with van der Waals surface area (Å²) in [7, 11) is 0. The van der Waals surface area contributed by atoms with E-state index in [2.05, 4.69) is 0 Å². The second kappa shape index (κ2) is 5.10. The zero-order valence-corrected chi connectivity index (χ0v) is 11.5. The largest absolute Gasteiger partial charge is 0.326 e. The van der Waals surface area contributed by atoms with E-state index in [0.29, 0.717) is 12.1 Å². The number of aryl methyl sites for hydroxylation is 1. The van der Waals surface area contributed by atoms with E-state index in [1.165, 1.54) is 0 Å². The molecule has 1 aliphatic rings. The van der Waals surface area contributed by atoms with Crippen molar-refractivity contribution in [3.05, 3.63) is 65.2 Å². The highest BCUT2D eigenvalue weighted by Crippen LogP contribution is 2.27. The van der Waals surface area contributed by atoms with Crippen LogP contribution in [0, 0.1) is 6.92 Å². The van der Waals surface area contributed by atoms with Crippen molar-refractivity contribution < 1.29 is 4.79 Å². The van der Waals surface area contributed by atoms with Crippen LogP contribution in [-0.4, -0.2) is 18.5 Å². The van der Waals surface area contributed by atoms with Gasteiger partial charge in [0.25, 0.3) is 5.91 Å². The zero-order chi connectivity index (χ0) is 14.1. The molecule has 0 aromatic heterocycles. The number of hydrogen-bond donors (Lipinski definition) is 1. The maximum Gasteiger partial charge on any atom is 0.258 e. The van der Waals surface area contributed by atoms with E-state index in [4.69, 9.17) is 5.73 Å². The number of para-hydroxylation sites is 1. The standard InChI is InChI=1S/C17H18N2O/c1-12-5-4-7-14(9-12)17(20)19-11-15(18)10-13-6-2-3-8-16(13)19/h2-9,15H,10-11,18H2,1H3. The lowest BCUT2D eigenvalue weighted by molar-refractivity contribution is 0.0983. The Kier molecular flexibility index (Phi) is 3.28. The molecule has 102 valence electrons. The number of nitrogens with zero attached hydrogens (tertiary/aromatic N) is 1. The van der Waals surface area contributed by atoms with Gasteiger partial charge in [0.15, 0.2) is 0 Å². The first-order valence-electron chi connectivity index (χ1n) is 6.87. The van der Waals surface area contributed by atoms with Crippen molar-refractivity contribution in [3.63, 3.8) is 0 Å². The predicted molar refractivity (Wildman–Crippen MR) is 81.0 cm³/mol. The first-order chi connectivity index (χ1) is 9.65. The maximum absolute atomic E-state index is 12.7. The van der Waals surface area contributed by atoms with Crippen LogP contribution in [0.3, 0.4) is 0 Å². The van der Waals surface area contributed by atoms with Gasteiger partial charge in [-0.3, -0.25) is 4.79 Å². The van der Waals surface area contributed by atoms with E-state index in [1.54, 1.807) is 4.90 Å². The minimum atomic E-state index is -0.00124. The lowest BCUT2D eigenvalue weighted by atomic mass is 9.97. The van der Waals surface area contributed by atoms with Gasteiger partial charge in [-0.25, -0.2) is 0 Å². The number of carbonyl (C=O) groups is 1. The number of anilines is 1. The molecule has 0 aliphatic carbocycles. The van der Waals surface area contributed by atoms with Gasteiger partial charge in [-0.15, -0.1) is 0 Å². The van der Waals surface area contributed by atoms with Crippen LogP contribution in [0.4, 0.5) is 5.69 Å². The summed E-state index contributed by atoms with van der Waals surface area (Å²) in [5, 5.41) is 0. The topological polar surface area (TPSA) is 46.3 Å². The van der Waals surface area contributed by atoms with E-state index < -0.39 is 0 Å². The number of hydrogen-bond acceptors (Lipinski definition) is 2. The summed E-state index contributed by atoms with van der Waals surface area (Å²) < 4.78 is 0. The number of benzene rings is 2. The molecule has 1 amide bonds. The van der Waals surface area contributed by atoms with Crippen molar-refractivity contribution in [2.45, 2.75) is 19.4 Å². The molecule has 1 atom stereocenters. The normalized spacial score (nSPS) is 17.7. The van der Waals surface area contributed by atoms with E-state index in [9.17, 15) is 4.79 Å². The van der Waals surface area contributed by atoms with Gasteiger partial charge >= 0.3 is 0 Å². The van der Waals surface area contributed by atoms with Crippen LogP contribution in [0.25, 0.3) is 0 Å². The molecule has 2 N–H and O–H groups in total. The van der Waals surface area contributed by atoms with Gasteiger partial charge in [-0.05, 0) is 37.1 Å². The Morgan fingerprint density at radius 1 is 1.20 bits per heavy atom. The molecular formula is C17H18N2O. The summed E-state index contributed by atoms with van der Waals surface area (Å²) in [6.07, 6.45) is 0.827. The Morgan fingerprint density at radius 3 is 2.80 bits per heavy atom. The summed E-state index contributed by atoms with van der Waals surface area (Å²) >= 11 is 0. The van der Waals surface area contributed by atoms with Crippen LogP contribution >= 0.6 is 0 Å². The molecule has 3 rings (SSSR count). The summed E-state index contributed by atoms with van der Waals surface area (Å²) in [6, 6.07) is 15.7. The molecule has 0 radical (unpaired) electrons. The monoisotopic (exact) mass is 266 g/mol. The molecule has 2 aromatic carbocycles. The molecule has 3 heteroatoms. The van der Waals surface area contributed by atoms with Gasteiger partial charge in [0, 0.05) is 23.8 Å². The summed E-state index contributed by atoms with van der Waals surface area (Å²) in [5.41, 5.74) is 10.0. The third-order valence-electron chi connectivity index (χ3n) is 3.69. The number of carbonyl (C=O) groups excluding carboxylic acids is 1. The van der Waals surface area contributed by atoms with E-state index in [-0.39, 0.29) is 11.9 Å². The third-order valence-corrected chi connectivity index (χ3v) is 3.69. The van der Waals surface area contributed by atoms with Crippen molar-refractivity contribution in [3.8, 4) is 0 Å². The molecule has 0 bridgehead atoms. The minimum absolute atomic E-state index is 0.00124.